The van der Waals surface area contributed by atoms with Gasteiger partial charge in [-0.1, -0.05) is 74.3 Å². The number of sulfonamides is 1. The molecule has 1 saturated carbocycles. The van der Waals surface area contributed by atoms with Gasteiger partial charge in [0.15, 0.2) is 0 Å². The highest BCUT2D eigenvalue weighted by Gasteiger charge is 2.48. The molecule has 1 heterocycles. The summed E-state index contributed by atoms with van der Waals surface area (Å²) in [4.78, 5) is 69.8. The van der Waals surface area contributed by atoms with Gasteiger partial charge in [-0.05, 0) is 65.7 Å². The molecule has 14 nitrogen and oxygen atoms in total. The van der Waals surface area contributed by atoms with Crippen LogP contribution in [0.5, 0.6) is 5.75 Å². The first-order valence-corrected chi connectivity index (χ1v) is 20.2. The molecule has 1 saturated heterocycles. The van der Waals surface area contributed by atoms with Gasteiger partial charge in [-0.15, -0.1) is 6.58 Å². The van der Waals surface area contributed by atoms with Crippen LogP contribution in [0.3, 0.4) is 0 Å². The number of urea groups is 1. The van der Waals surface area contributed by atoms with E-state index < -0.39 is 74.6 Å². The molecule has 302 valence electrons. The number of methoxy groups -OCH3 is 1. The Morgan fingerprint density at radius 1 is 0.963 bits per heavy atom. The molecule has 0 aromatic heterocycles. The Hall–Kier alpha value is -3.98. The number of nitrogens with zero attached hydrogens (tertiary/aromatic N) is 2. The first-order chi connectivity index (χ1) is 25.0. The second-order valence-corrected chi connectivity index (χ2v) is 19.1. The van der Waals surface area contributed by atoms with Crippen LogP contribution in [-0.2, 0) is 29.2 Å². The molecule has 1 aliphatic carbocycles. The van der Waals surface area contributed by atoms with E-state index >= 15 is 0 Å². The van der Waals surface area contributed by atoms with Crippen molar-refractivity contribution >= 4 is 39.6 Å². The quantitative estimate of drug-likeness (QED) is 0.137. The van der Waals surface area contributed by atoms with E-state index in [1.54, 1.807) is 12.1 Å². The predicted molar refractivity (Wildman–Crippen MR) is 207 cm³/mol. The molecule has 0 spiro atoms. The zero-order valence-corrected chi connectivity index (χ0v) is 34.5. The number of benzene rings is 1. The summed E-state index contributed by atoms with van der Waals surface area (Å²) in [7, 11) is -0.983. The predicted octanol–water partition coefficient (Wildman–Crippen LogP) is 3.47. The smallest absolute Gasteiger partial charge is 0.315 e. The highest BCUT2D eigenvalue weighted by Crippen LogP contribution is 2.36. The minimum Gasteiger partial charge on any atom is -0.497 e. The summed E-state index contributed by atoms with van der Waals surface area (Å²) in [5, 5.41) is 11.1. The van der Waals surface area contributed by atoms with Crippen molar-refractivity contribution in [3.05, 3.63) is 36.9 Å². The lowest BCUT2D eigenvalue weighted by Gasteiger charge is -2.38. The lowest BCUT2D eigenvalue weighted by molar-refractivity contribution is -0.144. The fraction of sp³-hybridized carbons (Fsp3) is 0.667. The fourth-order valence-electron chi connectivity index (χ4n) is 6.65. The van der Waals surface area contributed by atoms with Gasteiger partial charge >= 0.3 is 6.03 Å². The summed E-state index contributed by atoms with van der Waals surface area (Å²) in [6, 6.07) is 1.65. The van der Waals surface area contributed by atoms with Crippen LogP contribution < -0.4 is 26.0 Å². The maximum Gasteiger partial charge on any atom is 0.315 e. The third-order valence-electron chi connectivity index (χ3n) is 10.3. The number of amides is 5. The number of carbonyl (C=O) groups excluding carboxylic acids is 5. The molecule has 1 aliphatic heterocycles. The van der Waals surface area contributed by atoms with E-state index in [9.17, 15) is 32.4 Å². The van der Waals surface area contributed by atoms with Gasteiger partial charge in [-0.25, -0.2) is 13.2 Å². The number of hydrogen-bond donors (Lipinski definition) is 4. The molecular formula is C39H62N6O8S. The van der Waals surface area contributed by atoms with Gasteiger partial charge in [0, 0.05) is 32.7 Å². The molecule has 5 atom stereocenters. The maximum absolute atomic E-state index is 14.5. The molecule has 4 N–H and O–H groups in total. The second-order valence-electron chi connectivity index (χ2n) is 17.1. The summed E-state index contributed by atoms with van der Waals surface area (Å²) in [5.74, 6) is -2.00. The van der Waals surface area contributed by atoms with Crippen molar-refractivity contribution in [2.45, 2.75) is 110 Å². The Balaban J connectivity index is 1.83. The average Bonchev–Trinajstić information content (AvgIpc) is 3.80. The number of Topliss-reactive ketones (excluding diaryl/α,β-unsaturated/α-hetero) is 1. The van der Waals surface area contributed by atoms with E-state index in [4.69, 9.17) is 4.74 Å². The molecule has 2 fully saturated rings. The second kappa shape index (κ2) is 18.1. The molecule has 3 rings (SSSR count). The molecule has 2 aliphatic rings. The third-order valence-corrected chi connectivity index (χ3v) is 12.2. The Morgan fingerprint density at radius 2 is 1.57 bits per heavy atom. The highest BCUT2D eigenvalue weighted by molar-refractivity contribution is 7.89. The van der Waals surface area contributed by atoms with Gasteiger partial charge in [0.2, 0.25) is 27.6 Å². The monoisotopic (exact) mass is 774 g/mol. The minimum absolute atomic E-state index is 0.00935. The van der Waals surface area contributed by atoms with Crippen LogP contribution in [-0.4, -0.2) is 105 Å². The Bertz CT molecular complexity index is 1630. The van der Waals surface area contributed by atoms with Crippen molar-refractivity contribution in [2.75, 3.05) is 33.8 Å². The highest BCUT2D eigenvalue weighted by atomic mass is 32.2. The standard InChI is InChI=1S/C39H62N6O8S/c1-12-20-40-35(48)32(46)29(22-25-13-14-25)41-34(47)31-28(24(2)3)19-21-45(31)36(49)33(39(7,8)9)43-37(50)42-30(38(4,5)6)23-44(10)54(51,52)27-17-15-26(53-11)16-18-27/h12,15-18,24-25,28-31,33H,1,13-14,19-23H2,2-11H3,(H,40,48)(H,41,47)(H2,42,43,50)/t28-,29?,30-,31+,33-/m1/s1. The first kappa shape index (κ1) is 44.4. The molecule has 54 heavy (non-hydrogen) atoms. The van der Waals surface area contributed by atoms with Crippen molar-refractivity contribution < 1.29 is 37.1 Å². The molecule has 1 unspecified atom stereocenters. The zero-order chi connectivity index (χ0) is 40.8. The fourth-order valence-corrected chi connectivity index (χ4v) is 7.83. The number of carbonyl (C=O) groups is 5. The van der Waals surface area contributed by atoms with Crippen LogP contribution in [0.25, 0.3) is 0 Å². The van der Waals surface area contributed by atoms with E-state index in [2.05, 4.69) is 27.8 Å². The van der Waals surface area contributed by atoms with Gasteiger partial charge in [-0.2, -0.15) is 4.31 Å². The van der Waals surface area contributed by atoms with Crippen LogP contribution in [0.15, 0.2) is 41.8 Å². The first-order valence-electron chi connectivity index (χ1n) is 18.7. The van der Waals surface area contributed by atoms with Gasteiger partial charge in [0.1, 0.15) is 17.8 Å². The van der Waals surface area contributed by atoms with Crippen LogP contribution in [0.2, 0.25) is 0 Å². The van der Waals surface area contributed by atoms with Crippen LogP contribution in [0.1, 0.15) is 81.1 Å². The molecular weight excluding hydrogens is 713 g/mol. The normalized spacial score (nSPS) is 19.4. The summed E-state index contributed by atoms with van der Waals surface area (Å²) >= 11 is 0. The molecule has 0 bridgehead atoms. The molecule has 1 aromatic carbocycles. The largest absolute Gasteiger partial charge is 0.497 e. The maximum atomic E-state index is 14.5. The van der Waals surface area contributed by atoms with Crippen molar-refractivity contribution in [1.82, 2.24) is 30.5 Å². The number of nitrogens with one attached hydrogen (secondary N) is 4. The van der Waals surface area contributed by atoms with Crippen LogP contribution in [0, 0.1) is 28.6 Å². The SMILES string of the molecule is C=CCNC(=O)C(=O)C(CC1CC1)NC(=O)[C@@H]1[C@@H](C(C)C)CCN1C(=O)[C@@H](NC(=O)N[C@H](CN(C)S(=O)(=O)c1ccc(OC)cc1)C(C)(C)C)C(C)(C)C. The Morgan fingerprint density at radius 3 is 2.07 bits per heavy atom. The van der Waals surface area contributed by atoms with E-state index in [-0.39, 0.29) is 42.3 Å². The van der Waals surface area contributed by atoms with E-state index in [0.29, 0.717) is 18.6 Å². The Labute approximate surface area is 321 Å². The van der Waals surface area contributed by atoms with Crippen molar-refractivity contribution in [1.29, 1.82) is 0 Å². The van der Waals surface area contributed by atoms with Crippen LogP contribution >= 0.6 is 0 Å². The minimum atomic E-state index is -3.92. The number of likely N-dealkylation sites (N-methyl/N-ethyl adjacent to an activating group) is 1. The molecule has 15 heteroatoms. The van der Waals surface area contributed by atoms with E-state index in [1.807, 2.05) is 55.4 Å². The van der Waals surface area contributed by atoms with Crippen molar-refractivity contribution in [3.63, 3.8) is 0 Å². The van der Waals surface area contributed by atoms with Crippen molar-refractivity contribution in [2.24, 2.45) is 28.6 Å². The van der Waals surface area contributed by atoms with Gasteiger partial charge < -0.3 is 30.9 Å². The zero-order valence-electron chi connectivity index (χ0n) is 33.7. The number of likely N-dealkylation sites (tertiary alicyclic amines) is 1. The third kappa shape index (κ3) is 11.5. The van der Waals surface area contributed by atoms with Crippen molar-refractivity contribution in [3.8, 4) is 5.75 Å². The van der Waals surface area contributed by atoms with Gasteiger partial charge in [0.25, 0.3) is 5.91 Å². The molecule has 0 radical (unpaired) electrons. The van der Waals surface area contributed by atoms with Crippen LogP contribution in [0.4, 0.5) is 4.79 Å². The number of ketones is 1. The van der Waals surface area contributed by atoms with Gasteiger partial charge in [-0.3, -0.25) is 19.2 Å². The Kier molecular flexibility index (Phi) is 14.9. The molecule has 1 aromatic rings. The topological polar surface area (TPSA) is 183 Å². The number of ether oxygens (including phenoxy) is 1. The summed E-state index contributed by atoms with van der Waals surface area (Å²) < 4.78 is 33.2. The van der Waals surface area contributed by atoms with E-state index in [1.165, 1.54) is 41.6 Å². The van der Waals surface area contributed by atoms with Gasteiger partial charge in [0.05, 0.1) is 18.0 Å². The number of hydrogen-bond acceptors (Lipinski definition) is 8. The number of rotatable bonds is 17. The average molecular weight is 775 g/mol. The summed E-state index contributed by atoms with van der Waals surface area (Å²) in [6.07, 6.45) is 4.14. The van der Waals surface area contributed by atoms with E-state index in [0.717, 1.165) is 12.8 Å². The summed E-state index contributed by atoms with van der Waals surface area (Å²) in [5.41, 5.74) is -1.40. The lowest BCUT2D eigenvalue weighted by atomic mass is 9.84. The lowest BCUT2D eigenvalue weighted by Crippen LogP contribution is -2.62. The summed E-state index contributed by atoms with van der Waals surface area (Å²) in [6.45, 7) is 18.9. The molecule has 5 amide bonds.